The van der Waals surface area contributed by atoms with Crippen molar-refractivity contribution in [3.63, 3.8) is 0 Å². The van der Waals surface area contributed by atoms with Crippen molar-refractivity contribution in [1.82, 2.24) is 20.6 Å². The predicted molar refractivity (Wildman–Crippen MR) is 87.8 cm³/mol. The molecule has 3 atom stereocenters. The number of primary amides is 1. The van der Waals surface area contributed by atoms with Crippen molar-refractivity contribution in [1.29, 1.82) is 0 Å². The molecule has 0 aromatic carbocycles. The summed E-state index contributed by atoms with van der Waals surface area (Å²) in [6, 6.07) is -4.31. The molecule has 1 aromatic heterocycles. The van der Waals surface area contributed by atoms with Crippen LogP contribution in [0.25, 0.3) is 0 Å². The average Bonchev–Trinajstić information content (AvgIpc) is 3.05. The van der Waals surface area contributed by atoms with Gasteiger partial charge in [-0.3, -0.25) is 19.2 Å². The summed E-state index contributed by atoms with van der Waals surface area (Å²) in [5.74, 6) is -5.58. The van der Waals surface area contributed by atoms with Crippen LogP contribution in [-0.2, 0) is 30.4 Å². The number of carboxylic acid groups (broad SMARTS) is 2. The fourth-order valence-corrected chi connectivity index (χ4v) is 2.06. The molecular formula is C14H20N6O7. The molecule has 0 saturated carbocycles. The maximum Gasteiger partial charge on any atom is 0.326 e. The lowest BCUT2D eigenvalue weighted by Gasteiger charge is -2.22. The summed E-state index contributed by atoms with van der Waals surface area (Å²) in [6.07, 6.45) is 1.28. The zero-order chi connectivity index (χ0) is 20.6. The number of nitrogens with two attached hydrogens (primary N) is 2. The van der Waals surface area contributed by atoms with Gasteiger partial charge in [0.15, 0.2) is 0 Å². The van der Waals surface area contributed by atoms with Crippen molar-refractivity contribution in [2.24, 2.45) is 11.5 Å². The summed E-state index contributed by atoms with van der Waals surface area (Å²) in [7, 11) is 0. The van der Waals surface area contributed by atoms with Crippen LogP contribution in [0.4, 0.5) is 0 Å². The van der Waals surface area contributed by atoms with Gasteiger partial charge in [-0.1, -0.05) is 0 Å². The second kappa shape index (κ2) is 9.86. The molecule has 9 N–H and O–H groups in total. The Morgan fingerprint density at radius 1 is 1.07 bits per heavy atom. The van der Waals surface area contributed by atoms with Gasteiger partial charge in [-0.15, -0.1) is 0 Å². The summed E-state index contributed by atoms with van der Waals surface area (Å²) in [6.45, 7) is 0. The van der Waals surface area contributed by atoms with Crippen molar-refractivity contribution in [2.45, 2.75) is 37.4 Å². The van der Waals surface area contributed by atoms with Crippen molar-refractivity contribution in [2.75, 3.05) is 0 Å². The Labute approximate surface area is 152 Å². The number of hydrogen-bond acceptors (Lipinski definition) is 7. The lowest BCUT2D eigenvalue weighted by atomic mass is 10.1. The Hall–Kier alpha value is -3.48. The minimum atomic E-state index is -1.59. The number of rotatable bonds is 11. The number of imidazole rings is 1. The molecule has 0 bridgehead atoms. The van der Waals surface area contributed by atoms with Crippen LogP contribution < -0.4 is 22.1 Å². The first-order valence-electron chi connectivity index (χ1n) is 7.66. The minimum Gasteiger partial charge on any atom is -0.481 e. The van der Waals surface area contributed by atoms with Crippen LogP contribution in [0, 0.1) is 0 Å². The molecule has 0 fully saturated rings. The van der Waals surface area contributed by atoms with Gasteiger partial charge in [0.2, 0.25) is 17.7 Å². The first-order chi connectivity index (χ1) is 12.6. The van der Waals surface area contributed by atoms with Crippen LogP contribution in [0.1, 0.15) is 18.5 Å². The Balaban J connectivity index is 2.90. The number of carboxylic acids is 2. The van der Waals surface area contributed by atoms with Crippen molar-refractivity contribution in [3.05, 3.63) is 18.2 Å². The molecule has 1 aromatic rings. The second-order valence-electron chi connectivity index (χ2n) is 5.62. The molecule has 27 heavy (non-hydrogen) atoms. The van der Waals surface area contributed by atoms with E-state index in [9.17, 15) is 24.0 Å². The number of amides is 3. The number of aromatic amines is 1. The Kier molecular flexibility index (Phi) is 7.88. The molecule has 0 spiro atoms. The van der Waals surface area contributed by atoms with E-state index in [0.717, 1.165) is 0 Å². The molecule has 1 rings (SSSR count). The van der Waals surface area contributed by atoms with E-state index in [0.29, 0.717) is 5.69 Å². The van der Waals surface area contributed by atoms with Gasteiger partial charge < -0.3 is 37.3 Å². The highest BCUT2D eigenvalue weighted by Gasteiger charge is 2.29. The Bertz CT molecular complexity index is 705. The Morgan fingerprint density at radius 2 is 1.70 bits per heavy atom. The van der Waals surface area contributed by atoms with Crippen LogP contribution in [0.15, 0.2) is 12.5 Å². The summed E-state index contributed by atoms with van der Waals surface area (Å²) >= 11 is 0. The van der Waals surface area contributed by atoms with Crippen LogP contribution in [-0.4, -0.2) is 68.0 Å². The van der Waals surface area contributed by atoms with Gasteiger partial charge >= 0.3 is 11.9 Å². The number of hydrogen-bond donors (Lipinski definition) is 7. The molecule has 0 unspecified atom stereocenters. The van der Waals surface area contributed by atoms with Crippen LogP contribution in [0.2, 0.25) is 0 Å². The van der Waals surface area contributed by atoms with E-state index in [1.54, 1.807) is 0 Å². The first kappa shape index (κ1) is 21.6. The van der Waals surface area contributed by atoms with Gasteiger partial charge in [-0.25, -0.2) is 9.78 Å². The normalized spacial score (nSPS) is 13.8. The minimum absolute atomic E-state index is 0.111. The molecule has 3 amide bonds. The summed E-state index contributed by atoms with van der Waals surface area (Å²) < 4.78 is 0. The molecule has 0 aliphatic heterocycles. The van der Waals surface area contributed by atoms with Gasteiger partial charge in [-0.2, -0.15) is 0 Å². The highest BCUT2D eigenvalue weighted by atomic mass is 16.4. The summed E-state index contributed by atoms with van der Waals surface area (Å²) in [5.41, 5.74) is 10.8. The third-order valence-corrected chi connectivity index (χ3v) is 3.36. The number of aromatic nitrogens is 2. The van der Waals surface area contributed by atoms with Crippen molar-refractivity contribution in [3.8, 4) is 0 Å². The van der Waals surface area contributed by atoms with E-state index in [-0.39, 0.29) is 6.42 Å². The van der Waals surface area contributed by atoms with Gasteiger partial charge in [-0.05, 0) is 0 Å². The summed E-state index contributed by atoms with van der Waals surface area (Å²) in [5, 5.41) is 22.1. The van der Waals surface area contributed by atoms with Crippen LogP contribution in [0.3, 0.4) is 0 Å². The number of H-pyrrole nitrogens is 1. The third-order valence-electron chi connectivity index (χ3n) is 3.36. The summed E-state index contributed by atoms with van der Waals surface area (Å²) in [4.78, 5) is 63.6. The molecule has 13 heteroatoms. The number of carbonyl (C=O) groups is 5. The monoisotopic (exact) mass is 384 g/mol. The molecule has 148 valence electrons. The van der Waals surface area contributed by atoms with Gasteiger partial charge in [0.1, 0.15) is 12.1 Å². The van der Waals surface area contributed by atoms with Gasteiger partial charge in [0.05, 0.1) is 25.2 Å². The van der Waals surface area contributed by atoms with Crippen molar-refractivity contribution < 1.29 is 34.2 Å². The topological polar surface area (TPSA) is 231 Å². The Morgan fingerprint density at radius 3 is 2.19 bits per heavy atom. The van der Waals surface area contributed by atoms with E-state index in [4.69, 9.17) is 21.7 Å². The lowest BCUT2D eigenvalue weighted by Crippen LogP contribution is -2.56. The lowest BCUT2D eigenvalue weighted by molar-refractivity contribution is -0.144. The fourth-order valence-electron chi connectivity index (χ4n) is 2.06. The number of aliphatic carboxylic acids is 2. The zero-order valence-electron chi connectivity index (χ0n) is 14.0. The molecule has 13 nitrogen and oxygen atoms in total. The van der Waals surface area contributed by atoms with E-state index < -0.39 is 60.6 Å². The largest absolute Gasteiger partial charge is 0.481 e. The maximum atomic E-state index is 12.4. The van der Waals surface area contributed by atoms with E-state index in [1.165, 1.54) is 12.5 Å². The molecule has 1 heterocycles. The van der Waals surface area contributed by atoms with Crippen LogP contribution in [0.5, 0.6) is 0 Å². The number of nitrogens with zero attached hydrogens (tertiary/aromatic N) is 1. The molecule has 0 aliphatic rings. The first-order valence-corrected chi connectivity index (χ1v) is 7.66. The smallest absolute Gasteiger partial charge is 0.326 e. The second-order valence-corrected chi connectivity index (χ2v) is 5.62. The van der Waals surface area contributed by atoms with E-state index in [2.05, 4.69) is 20.6 Å². The van der Waals surface area contributed by atoms with Gasteiger partial charge in [0.25, 0.3) is 0 Å². The van der Waals surface area contributed by atoms with Crippen molar-refractivity contribution >= 4 is 29.7 Å². The fraction of sp³-hybridized carbons (Fsp3) is 0.429. The quantitative estimate of drug-likeness (QED) is 0.202. The molecular weight excluding hydrogens is 364 g/mol. The number of nitrogens with one attached hydrogen (secondary N) is 3. The molecule has 0 radical (unpaired) electrons. The molecule has 0 aliphatic carbocycles. The highest BCUT2D eigenvalue weighted by molar-refractivity contribution is 5.94. The van der Waals surface area contributed by atoms with Crippen LogP contribution >= 0.6 is 0 Å². The number of carbonyl (C=O) groups excluding carboxylic acids is 3. The maximum absolute atomic E-state index is 12.4. The predicted octanol–water partition coefficient (Wildman–Crippen LogP) is -3.32. The zero-order valence-corrected chi connectivity index (χ0v) is 14.0. The van der Waals surface area contributed by atoms with E-state index >= 15 is 0 Å². The molecule has 0 saturated heterocycles. The standard InChI is InChI=1S/C14H20N6O7/c15-7(2-11(22)23)12(24)19-8(1-6-4-17-5-18-6)13(25)20-9(14(26)27)3-10(16)21/h4-5,7-9H,1-3,15H2,(H2,16,21)(H,17,18)(H,19,24)(H,20,25)(H,22,23)(H,26,27)/t7-,8-,9-/m0/s1. The average molecular weight is 384 g/mol. The van der Waals surface area contributed by atoms with Gasteiger partial charge in [0, 0.05) is 18.3 Å². The highest BCUT2D eigenvalue weighted by Crippen LogP contribution is 2.02. The third kappa shape index (κ3) is 7.52. The van der Waals surface area contributed by atoms with E-state index in [1.807, 2.05) is 0 Å². The SMILES string of the molecule is NC(=O)C[C@H](NC(=O)[C@H](Cc1cnc[nH]1)NC(=O)[C@@H](N)CC(=O)O)C(=O)O.